The molecule has 3 aromatic rings. The zero-order valence-corrected chi connectivity index (χ0v) is 11.5. The first-order valence-electron chi connectivity index (χ1n) is 6.71. The number of hydrogen-bond acceptors (Lipinski definition) is 3. The molecule has 0 saturated heterocycles. The van der Waals surface area contributed by atoms with E-state index in [0.717, 1.165) is 11.1 Å². The summed E-state index contributed by atoms with van der Waals surface area (Å²) in [7, 11) is 0. The van der Waals surface area contributed by atoms with Gasteiger partial charge in [-0.2, -0.15) is 0 Å². The van der Waals surface area contributed by atoms with E-state index in [1.807, 2.05) is 48.5 Å². The third kappa shape index (κ3) is 2.98. The molecule has 4 N–H and O–H groups in total. The summed E-state index contributed by atoms with van der Waals surface area (Å²) in [5, 5.41) is 0. The first-order valence-corrected chi connectivity index (χ1v) is 6.71. The van der Waals surface area contributed by atoms with Crippen LogP contribution in [0.3, 0.4) is 0 Å². The molecular formula is C18H16N2O. The zero-order chi connectivity index (χ0) is 14.7. The van der Waals surface area contributed by atoms with Crippen LogP contribution in [0.4, 0.5) is 11.4 Å². The van der Waals surface area contributed by atoms with Crippen LogP contribution < -0.4 is 16.2 Å². The summed E-state index contributed by atoms with van der Waals surface area (Å²) in [5.41, 5.74) is 15.2. The quantitative estimate of drug-likeness (QED) is 0.701. The molecule has 0 aliphatic heterocycles. The lowest BCUT2D eigenvalue weighted by atomic mass is 10.1. The average Bonchev–Trinajstić information content (AvgIpc) is 2.52. The number of ether oxygens (including phenoxy) is 1. The van der Waals surface area contributed by atoms with Crippen LogP contribution in [0.2, 0.25) is 0 Å². The molecule has 3 rings (SSSR count). The molecule has 0 amide bonds. The number of hydrogen-bond donors (Lipinski definition) is 2. The zero-order valence-electron chi connectivity index (χ0n) is 11.5. The van der Waals surface area contributed by atoms with E-state index < -0.39 is 0 Å². The van der Waals surface area contributed by atoms with Gasteiger partial charge in [0.25, 0.3) is 0 Å². The van der Waals surface area contributed by atoms with Gasteiger partial charge in [0.05, 0.1) is 5.69 Å². The smallest absolute Gasteiger partial charge is 0.150 e. The Labute approximate surface area is 123 Å². The number of anilines is 2. The Kier molecular flexibility index (Phi) is 3.48. The van der Waals surface area contributed by atoms with E-state index in [4.69, 9.17) is 16.2 Å². The molecular weight excluding hydrogens is 260 g/mol. The fourth-order valence-corrected chi connectivity index (χ4v) is 2.11. The fourth-order valence-electron chi connectivity index (χ4n) is 2.11. The first-order chi connectivity index (χ1) is 10.2. The van der Waals surface area contributed by atoms with Crippen molar-refractivity contribution in [2.45, 2.75) is 0 Å². The van der Waals surface area contributed by atoms with Gasteiger partial charge in [-0.25, -0.2) is 0 Å². The van der Waals surface area contributed by atoms with E-state index in [2.05, 4.69) is 12.1 Å². The van der Waals surface area contributed by atoms with Crippen LogP contribution in [0.1, 0.15) is 0 Å². The van der Waals surface area contributed by atoms with Crippen molar-refractivity contribution in [3.63, 3.8) is 0 Å². The molecule has 0 fully saturated rings. The van der Waals surface area contributed by atoms with Gasteiger partial charge in [-0.3, -0.25) is 0 Å². The minimum absolute atomic E-state index is 0.605. The van der Waals surface area contributed by atoms with Crippen LogP contribution in [-0.2, 0) is 0 Å². The molecule has 3 heteroatoms. The molecule has 3 nitrogen and oxygen atoms in total. The minimum Gasteiger partial charge on any atom is -0.455 e. The fraction of sp³-hybridized carbons (Fsp3) is 0. The Morgan fingerprint density at radius 1 is 0.667 bits per heavy atom. The monoisotopic (exact) mass is 276 g/mol. The highest BCUT2D eigenvalue weighted by molar-refractivity contribution is 5.70. The summed E-state index contributed by atoms with van der Waals surface area (Å²) in [5.74, 6) is 1.35. The molecule has 0 aliphatic rings. The molecule has 0 unspecified atom stereocenters. The van der Waals surface area contributed by atoms with E-state index in [0.29, 0.717) is 22.9 Å². The van der Waals surface area contributed by atoms with Crippen LogP contribution in [0.25, 0.3) is 11.1 Å². The topological polar surface area (TPSA) is 61.3 Å². The standard InChI is InChI=1S/C18H16N2O/c19-15-7-9-16(10-8-15)21-18-11-6-14(12-17(18)20)13-4-2-1-3-5-13/h1-12H,19-20H2. The number of nitrogens with two attached hydrogens (primary N) is 2. The molecule has 3 aromatic carbocycles. The largest absolute Gasteiger partial charge is 0.455 e. The molecule has 0 bridgehead atoms. The van der Waals surface area contributed by atoms with Crippen molar-refractivity contribution in [3.8, 4) is 22.6 Å². The Morgan fingerprint density at radius 3 is 2.05 bits per heavy atom. The Balaban J connectivity index is 1.86. The molecule has 0 atom stereocenters. The van der Waals surface area contributed by atoms with E-state index in [9.17, 15) is 0 Å². The van der Waals surface area contributed by atoms with Gasteiger partial charge in [0.15, 0.2) is 0 Å². The number of rotatable bonds is 3. The average molecular weight is 276 g/mol. The van der Waals surface area contributed by atoms with Crippen LogP contribution in [-0.4, -0.2) is 0 Å². The van der Waals surface area contributed by atoms with Gasteiger partial charge in [-0.05, 0) is 47.5 Å². The predicted octanol–water partition coefficient (Wildman–Crippen LogP) is 4.31. The molecule has 0 spiro atoms. The van der Waals surface area contributed by atoms with Crippen molar-refractivity contribution in [1.29, 1.82) is 0 Å². The second kappa shape index (κ2) is 5.59. The van der Waals surface area contributed by atoms with Crippen molar-refractivity contribution in [3.05, 3.63) is 72.8 Å². The van der Waals surface area contributed by atoms with Crippen molar-refractivity contribution in [2.75, 3.05) is 11.5 Å². The summed E-state index contributed by atoms with van der Waals surface area (Å²) in [6.07, 6.45) is 0. The van der Waals surface area contributed by atoms with E-state index >= 15 is 0 Å². The Hall–Kier alpha value is -2.94. The minimum atomic E-state index is 0.605. The van der Waals surface area contributed by atoms with Gasteiger partial charge in [0.2, 0.25) is 0 Å². The first kappa shape index (κ1) is 13.1. The molecule has 0 saturated carbocycles. The summed E-state index contributed by atoms with van der Waals surface area (Å²) in [6, 6.07) is 23.1. The summed E-state index contributed by atoms with van der Waals surface area (Å²) >= 11 is 0. The highest BCUT2D eigenvalue weighted by Crippen LogP contribution is 2.31. The van der Waals surface area contributed by atoms with Crippen molar-refractivity contribution in [1.82, 2.24) is 0 Å². The second-order valence-electron chi connectivity index (χ2n) is 4.79. The maximum absolute atomic E-state index is 6.09. The van der Waals surface area contributed by atoms with Crippen LogP contribution in [0.5, 0.6) is 11.5 Å². The van der Waals surface area contributed by atoms with Crippen molar-refractivity contribution in [2.24, 2.45) is 0 Å². The number of nitrogen functional groups attached to an aromatic ring is 2. The molecule has 0 aliphatic carbocycles. The van der Waals surface area contributed by atoms with E-state index in [1.54, 1.807) is 12.1 Å². The normalized spacial score (nSPS) is 10.3. The lowest BCUT2D eigenvalue weighted by molar-refractivity contribution is 0.485. The number of benzene rings is 3. The van der Waals surface area contributed by atoms with Gasteiger partial charge >= 0.3 is 0 Å². The predicted molar refractivity (Wildman–Crippen MR) is 87.2 cm³/mol. The summed E-state index contributed by atoms with van der Waals surface area (Å²) < 4.78 is 5.77. The second-order valence-corrected chi connectivity index (χ2v) is 4.79. The molecule has 0 heterocycles. The molecule has 104 valence electrons. The van der Waals surface area contributed by atoms with Crippen molar-refractivity contribution >= 4 is 11.4 Å². The maximum atomic E-state index is 6.09. The summed E-state index contributed by atoms with van der Waals surface area (Å²) in [4.78, 5) is 0. The third-order valence-corrected chi connectivity index (χ3v) is 3.22. The Morgan fingerprint density at radius 2 is 1.38 bits per heavy atom. The maximum Gasteiger partial charge on any atom is 0.150 e. The molecule has 21 heavy (non-hydrogen) atoms. The van der Waals surface area contributed by atoms with Gasteiger partial charge in [0, 0.05) is 5.69 Å². The van der Waals surface area contributed by atoms with Crippen LogP contribution in [0, 0.1) is 0 Å². The lowest BCUT2D eigenvalue weighted by Gasteiger charge is -2.10. The molecule has 0 radical (unpaired) electrons. The third-order valence-electron chi connectivity index (χ3n) is 3.22. The molecule has 0 aromatic heterocycles. The van der Waals surface area contributed by atoms with Gasteiger partial charge < -0.3 is 16.2 Å². The van der Waals surface area contributed by atoms with E-state index in [-0.39, 0.29) is 0 Å². The SMILES string of the molecule is Nc1ccc(Oc2ccc(-c3ccccc3)cc2N)cc1. The van der Waals surface area contributed by atoms with Gasteiger partial charge in [0.1, 0.15) is 11.5 Å². The van der Waals surface area contributed by atoms with E-state index in [1.165, 1.54) is 0 Å². The lowest BCUT2D eigenvalue weighted by Crippen LogP contribution is -1.93. The highest BCUT2D eigenvalue weighted by Gasteiger charge is 2.05. The summed E-state index contributed by atoms with van der Waals surface area (Å²) in [6.45, 7) is 0. The van der Waals surface area contributed by atoms with Crippen LogP contribution in [0.15, 0.2) is 72.8 Å². The van der Waals surface area contributed by atoms with Crippen molar-refractivity contribution < 1.29 is 4.74 Å². The Bertz CT molecular complexity index is 737. The van der Waals surface area contributed by atoms with Crippen LogP contribution >= 0.6 is 0 Å². The van der Waals surface area contributed by atoms with Gasteiger partial charge in [-0.15, -0.1) is 0 Å². The highest BCUT2D eigenvalue weighted by atomic mass is 16.5. The van der Waals surface area contributed by atoms with Gasteiger partial charge in [-0.1, -0.05) is 36.4 Å².